The van der Waals surface area contributed by atoms with Gasteiger partial charge in [0.1, 0.15) is 0 Å². The number of nitrogens with one attached hydrogen (secondary N) is 1. The first-order chi connectivity index (χ1) is 8.13. The van der Waals surface area contributed by atoms with Gasteiger partial charge in [0.15, 0.2) is 5.13 Å². The minimum atomic E-state index is 0.0647. The molecule has 0 bridgehead atoms. The van der Waals surface area contributed by atoms with E-state index in [0.717, 1.165) is 24.5 Å². The molecule has 0 radical (unpaired) electrons. The highest BCUT2D eigenvalue weighted by molar-refractivity contribution is 7.13. The average Bonchev–Trinajstić information content (AvgIpc) is 2.67. The van der Waals surface area contributed by atoms with Crippen LogP contribution in [0.25, 0.3) is 0 Å². The molecule has 0 unspecified atom stereocenters. The Kier molecular flexibility index (Phi) is 3.99. The van der Waals surface area contributed by atoms with E-state index in [1.807, 2.05) is 5.38 Å². The van der Waals surface area contributed by atoms with E-state index in [0.29, 0.717) is 17.6 Å². The summed E-state index contributed by atoms with van der Waals surface area (Å²) in [5, 5.41) is 5.45. The molecule has 2 rings (SSSR count). The predicted octanol–water partition coefficient (Wildman–Crippen LogP) is 1.96. The number of hydrogen-bond donors (Lipinski definition) is 2. The second kappa shape index (κ2) is 5.49. The quantitative estimate of drug-likeness (QED) is 0.865. The minimum absolute atomic E-state index is 0.0647. The van der Waals surface area contributed by atoms with Gasteiger partial charge in [-0.05, 0) is 31.6 Å². The molecule has 5 heteroatoms. The largest absolute Gasteiger partial charge is 0.375 e. The Labute approximate surface area is 106 Å². The maximum Gasteiger partial charge on any atom is 0.226 e. The van der Waals surface area contributed by atoms with Crippen LogP contribution >= 0.6 is 11.3 Å². The Morgan fingerprint density at radius 2 is 2.24 bits per heavy atom. The molecule has 0 aliphatic heterocycles. The number of nitrogens with zero attached hydrogens (tertiary/aromatic N) is 1. The summed E-state index contributed by atoms with van der Waals surface area (Å²) in [7, 11) is 0. The molecule has 1 aromatic rings. The fraction of sp³-hybridized carbons (Fsp3) is 0.667. The van der Waals surface area contributed by atoms with Crippen molar-refractivity contribution in [3.05, 3.63) is 11.1 Å². The van der Waals surface area contributed by atoms with Gasteiger partial charge in [0, 0.05) is 11.4 Å². The van der Waals surface area contributed by atoms with Gasteiger partial charge in [0.2, 0.25) is 5.91 Å². The zero-order chi connectivity index (χ0) is 12.3. The first kappa shape index (κ1) is 12.4. The molecular weight excluding hydrogens is 234 g/mol. The lowest BCUT2D eigenvalue weighted by molar-refractivity contribution is -0.121. The van der Waals surface area contributed by atoms with Gasteiger partial charge in [-0.2, -0.15) is 0 Å². The molecule has 3 N–H and O–H groups in total. The summed E-state index contributed by atoms with van der Waals surface area (Å²) in [5.41, 5.74) is 6.30. The summed E-state index contributed by atoms with van der Waals surface area (Å²) >= 11 is 1.38. The number of rotatable bonds is 3. The number of aromatic nitrogens is 1. The number of hydrogen-bond acceptors (Lipinski definition) is 4. The second-order valence-electron chi connectivity index (χ2n) is 4.88. The predicted molar refractivity (Wildman–Crippen MR) is 69.8 cm³/mol. The SMILES string of the molecule is CC1CCC(NC(=O)Cc2csc(N)n2)CC1. The van der Waals surface area contributed by atoms with E-state index >= 15 is 0 Å². The van der Waals surface area contributed by atoms with Crippen molar-refractivity contribution >= 4 is 22.4 Å². The Balaban J connectivity index is 1.77. The number of nitrogens with two attached hydrogens (primary N) is 1. The third kappa shape index (κ3) is 3.70. The van der Waals surface area contributed by atoms with Crippen LogP contribution in [0.4, 0.5) is 5.13 Å². The lowest BCUT2D eigenvalue weighted by Crippen LogP contribution is -2.38. The number of anilines is 1. The molecule has 1 saturated carbocycles. The lowest BCUT2D eigenvalue weighted by atomic mass is 9.87. The first-order valence-corrected chi connectivity index (χ1v) is 7.00. The Morgan fingerprint density at radius 3 is 2.82 bits per heavy atom. The van der Waals surface area contributed by atoms with E-state index in [9.17, 15) is 4.79 Å². The zero-order valence-electron chi connectivity index (χ0n) is 10.1. The number of nitrogen functional groups attached to an aromatic ring is 1. The number of carbonyl (C=O) groups excluding carboxylic acids is 1. The summed E-state index contributed by atoms with van der Waals surface area (Å²) in [6, 6.07) is 0.356. The van der Waals surface area contributed by atoms with E-state index in [-0.39, 0.29) is 5.91 Å². The summed E-state index contributed by atoms with van der Waals surface area (Å²) in [5.74, 6) is 0.872. The van der Waals surface area contributed by atoms with Crippen molar-refractivity contribution in [1.82, 2.24) is 10.3 Å². The standard InChI is InChI=1S/C12H19N3OS/c1-8-2-4-9(5-3-8)14-11(16)6-10-7-17-12(13)15-10/h7-9H,2-6H2,1H3,(H2,13,15)(H,14,16). The van der Waals surface area contributed by atoms with Crippen LogP contribution in [0, 0.1) is 5.92 Å². The molecule has 17 heavy (non-hydrogen) atoms. The van der Waals surface area contributed by atoms with Crippen LogP contribution in [-0.4, -0.2) is 16.9 Å². The van der Waals surface area contributed by atoms with E-state index in [2.05, 4.69) is 17.2 Å². The Bertz CT molecular complexity index is 383. The summed E-state index contributed by atoms with van der Waals surface area (Å²) in [4.78, 5) is 15.9. The molecule has 0 saturated heterocycles. The van der Waals surface area contributed by atoms with Gasteiger partial charge < -0.3 is 11.1 Å². The van der Waals surface area contributed by atoms with Crippen LogP contribution < -0.4 is 11.1 Å². The van der Waals surface area contributed by atoms with Gasteiger partial charge >= 0.3 is 0 Å². The van der Waals surface area contributed by atoms with Crippen LogP contribution in [0.15, 0.2) is 5.38 Å². The lowest BCUT2D eigenvalue weighted by Gasteiger charge is -2.26. The van der Waals surface area contributed by atoms with Gasteiger partial charge in [0.25, 0.3) is 0 Å². The van der Waals surface area contributed by atoms with Gasteiger partial charge in [-0.25, -0.2) is 4.98 Å². The first-order valence-electron chi connectivity index (χ1n) is 6.12. The summed E-state index contributed by atoms with van der Waals surface area (Å²) in [6.45, 7) is 2.27. The van der Waals surface area contributed by atoms with Gasteiger partial charge in [-0.1, -0.05) is 6.92 Å². The Hall–Kier alpha value is -1.10. The fourth-order valence-corrected chi connectivity index (χ4v) is 2.81. The number of thiazole rings is 1. The summed E-state index contributed by atoms with van der Waals surface area (Å²) in [6.07, 6.45) is 4.99. The fourth-order valence-electron chi connectivity index (χ4n) is 2.25. The third-order valence-electron chi connectivity index (χ3n) is 3.29. The number of amides is 1. The normalized spacial score (nSPS) is 24.5. The Morgan fingerprint density at radius 1 is 1.53 bits per heavy atom. The van der Waals surface area contributed by atoms with Crippen molar-refractivity contribution in [3.63, 3.8) is 0 Å². The van der Waals surface area contributed by atoms with Crippen molar-refractivity contribution in [2.45, 2.75) is 45.1 Å². The smallest absolute Gasteiger partial charge is 0.226 e. The van der Waals surface area contributed by atoms with Crippen LogP contribution in [0.5, 0.6) is 0 Å². The molecule has 0 aromatic carbocycles. The van der Waals surface area contributed by atoms with Gasteiger partial charge in [-0.15, -0.1) is 11.3 Å². The van der Waals surface area contributed by atoms with Crippen LogP contribution in [0.3, 0.4) is 0 Å². The third-order valence-corrected chi connectivity index (χ3v) is 4.01. The molecule has 4 nitrogen and oxygen atoms in total. The highest BCUT2D eigenvalue weighted by Crippen LogP contribution is 2.23. The maximum atomic E-state index is 11.8. The maximum absolute atomic E-state index is 11.8. The number of carbonyl (C=O) groups is 1. The van der Waals surface area contributed by atoms with Crippen molar-refractivity contribution in [2.24, 2.45) is 5.92 Å². The van der Waals surface area contributed by atoms with Crippen LogP contribution in [0.1, 0.15) is 38.3 Å². The summed E-state index contributed by atoms with van der Waals surface area (Å²) < 4.78 is 0. The molecular formula is C12H19N3OS. The molecule has 1 amide bonds. The van der Waals surface area contributed by atoms with Crippen molar-refractivity contribution in [3.8, 4) is 0 Å². The molecule has 1 aliphatic carbocycles. The molecule has 0 atom stereocenters. The van der Waals surface area contributed by atoms with E-state index in [4.69, 9.17) is 5.73 Å². The van der Waals surface area contributed by atoms with Crippen molar-refractivity contribution in [1.29, 1.82) is 0 Å². The van der Waals surface area contributed by atoms with Crippen molar-refractivity contribution in [2.75, 3.05) is 5.73 Å². The molecule has 94 valence electrons. The highest BCUT2D eigenvalue weighted by atomic mass is 32.1. The highest BCUT2D eigenvalue weighted by Gasteiger charge is 2.19. The molecule has 0 spiro atoms. The minimum Gasteiger partial charge on any atom is -0.375 e. The molecule has 1 heterocycles. The molecule has 1 aromatic heterocycles. The average molecular weight is 253 g/mol. The van der Waals surface area contributed by atoms with E-state index < -0.39 is 0 Å². The van der Waals surface area contributed by atoms with Gasteiger partial charge in [-0.3, -0.25) is 4.79 Å². The van der Waals surface area contributed by atoms with E-state index in [1.165, 1.54) is 24.2 Å². The van der Waals surface area contributed by atoms with Crippen molar-refractivity contribution < 1.29 is 4.79 Å². The van der Waals surface area contributed by atoms with Gasteiger partial charge in [0.05, 0.1) is 12.1 Å². The second-order valence-corrected chi connectivity index (χ2v) is 5.77. The molecule has 1 aliphatic rings. The molecule has 1 fully saturated rings. The topological polar surface area (TPSA) is 68.0 Å². The van der Waals surface area contributed by atoms with E-state index in [1.54, 1.807) is 0 Å². The van der Waals surface area contributed by atoms with Crippen LogP contribution in [0.2, 0.25) is 0 Å². The van der Waals surface area contributed by atoms with Crippen LogP contribution in [-0.2, 0) is 11.2 Å². The monoisotopic (exact) mass is 253 g/mol. The zero-order valence-corrected chi connectivity index (χ0v) is 10.9.